The summed E-state index contributed by atoms with van der Waals surface area (Å²) in [4.78, 5) is 12.9. The Bertz CT molecular complexity index is 1090. The normalized spacial score (nSPS) is 30.9. The van der Waals surface area contributed by atoms with Gasteiger partial charge in [-0.05, 0) is 110 Å². The Hall–Kier alpha value is -1.05. The third kappa shape index (κ3) is 13.0. The molecule has 3 fully saturated rings. The zero-order chi connectivity index (χ0) is 38.1. The Morgan fingerprint density at radius 2 is 1.28 bits per heavy atom. The first-order valence-corrected chi connectivity index (χ1v) is 24.2. The van der Waals surface area contributed by atoms with Gasteiger partial charge in [0.2, 0.25) is 0 Å². The molecule has 9 atom stereocenters. The molecule has 0 saturated heterocycles. The van der Waals surface area contributed by atoms with E-state index in [4.69, 9.17) is 4.74 Å². The van der Waals surface area contributed by atoms with Gasteiger partial charge < -0.3 is 4.74 Å². The van der Waals surface area contributed by atoms with Gasteiger partial charge >= 0.3 is 5.97 Å². The number of esters is 1. The van der Waals surface area contributed by atoms with E-state index in [1.807, 2.05) is 0 Å². The largest absolute Gasteiger partial charge is 0.462 e. The SMILES string of the molecule is CCCCCCCCCCCCCCCCCCCCCC(=O)OC1CCC2(C)C(=CCC3C2CCC2(C)C(C(C)/C=C/C(CC)C(C)C)CCC32)C1. The fraction of sp³-hybridized carbons (Fsp3) is 0.902. The number of ether oxygens (including phenoxy) is 1. The van der Waals surface area contributed by atoms with Crippen molar-refractivity contribution in [2.45, 2.75) is 241 Å². The van der Waals surface area contributed by atoms with Crippen molar-refractivity contribution >= 4 is 5.97 Å². The van der Waals surface area contributed by atoms with Crippen LogP contribution in [0.4, 0.5) is 0 Å². The van der Waals surface area contributed by atoms with Gasteiger partial charge in [-0.3, -0.25) is 4.79 Å². The van der Waals surface area contributed by atoms with Crippen LogP contribution in [0.25, 0.3) is 0 Å². The molecule has 0 amide bonds. The Labute approximate surface area is 331 Å². The van der Waals surface area contributed by atoms with Gasteiger partial charge in [0.05, 0.1) is 0 Å². The predicted molar refractivity (Wildman–Crippen MR) is 230 cm³/mol. The number of allylic oxidation sites excluding steroid dienone is 3. The standard InChI is InChI=1S/C51H90O2/c1-8-10-11-12-13-14-15-16-17-18-19-20-21-22-23-24-25-26-27-28-49(52)53-44-35-37-50(6)43(39-44)31-32-45-47-34-33-46(51(47,7)38-36-48(45)50)41(5)29-30-42(9-2)40(3)4/h29-31,40-42,44-48H,8-28,32-39H2,1-7H3/b30-29+. The molecule has 2 nitrogen and oxygen atoms in total. The fourth-order valence-corrected chi connectivity index (χ4v) is 12.5. The minimum Gasteiger partial charge on any atom is -0.462 e. The Balaban J connectivity index is 1.06. The quantitative estimate of drug-likeness (QED) is 0.0502. The number of carbonyl (C=O) groups excluding carboxylic acids is 1. The summed E-state index contributed by atoms with van der Waals surface area (Å²) >= 11 is 0. The van der Waals surface area contributed by atoms with Crippen LogP contribution < -0.4 is 0 Å². The number of fused-ring (bicyclic) bond motifs is 5. The molecular weight excluding hydrogens is 645 g/mol. The molecule has 3 saturated carbocycles. The van der Waals surface area contributed by atoms with Crippen molar-refractivity contribution in [3.63, 3.8) is 0 Å². The fourth-order valence-electron chi connectivity index (χ4n) is 12.5. The van der Waals surface area contributed by atoms with Gasteiger partial charge in [-0.1, -0.05) is 188 Å². The molecule has 0 spiro atoms. The highest BCUT2D eigenvalue weighted by Crippen LogP contribution is 2.67. The second kappa shape index (κ2) is 23.2. The maximum atomic E-state index is 12.9. The Morgan fingerprint density at radius 3 is 1.83 bits per heavy atom. The molecule has 0 N–H and O–H groups in total. The van der Waals surface area contributed by atoms with E-state index in [0.717, 1.165) is 48.9 Å². The summed E-state index contributed by atoms with van der Waals surface area (Å²) in [5.41, 5.74) is 2.44. The molecule has 4 aliphatic carbocycles. The average molecular weight is 735 g/mol. The van der Waals surface area contributed by atoms with E-state index in [0.29, 0.717) is 29.1 Å². The summed E-state index contributed by atoms with van der Waals surface area (Å²) in [6, 6.07) is 0. The minimum atomic E-state index is 0.0621. The van der Waals surface area contributed by atoms with Crippen molar-refractivity contribution in [2.24, 2.45) is 52.3 Å². The highest BCUT2D eigenvalue weighted by molar-refractivity contribution is 5.69. The van der Waals surface area contributed by atoms with Crippen molar-refractivity contribution in [1.82, 2.24) is 0 Å². The van der Waals surface area contributed by atoms with Crippen molar-refractivity contribution in [3.05, 3.63) is 23.8 Å². The van der Waals surface area contributed by atoms with Gasteiger partial charge in [-0.2, -0.15) is 0 Å². The van der Waals surface area contributed by atoms with E-state index in [-0.39, 0.29) is 12.1 Å². The zero-order valence-corrected chi connectivity index (χ0v) is 36.7. The number of hydrogen-bond acceptors (Lipinski definition) is 2. The second-order valence-electron chi connectivity index (χ2n) is 20.0. The van der Waals surface area contributed by atoms with E-state index < -0.39 is 0 Å². The number of hydrogen-bond donors (Lipinski definition) is 0. The van der Waals surface area contributed by atoms with E-state index >= 15 is 0 Å². The summed E-state index contributed by atoms with van der Waals surface area (Å²) in [6.45, 7) is 17.2. The Morgan fingerprint density at radius 1 is 0.717 bits per heavy atom. The molecule has 53 heavy (non-hydrogen) atoms. The maximum absolute atomic E-state index is 12.9. The highest BCUT2D eigenvalue weighted by Gasteiger charge is 2.59. The predicted octanol–water partition coefficient (Wildman–Crippen LogP) is 16.2. The maximum Gasteiger partial charge on any atom is 0.306 e. The topological polar surface area (TPSA) is 26.3 Å². The van der Waals surface area contributed by atoms with Crippen LogP contribution >= 0.6 is 0 Å². The number of carbonyl (C=O) groups is 1. The van der Waals surface area contributed by atoms with Crippen LogP contribution in [-0.2, 0) is 9.53 Å². The number of rotatable bonds is 26. The third-order valence-corrected chi connectivity index (χ3v) is 16.0. The lowest BCUT2D eigenvalue weighted by atomic mass is 9.47. The molecule has 0 aromatic carbocycles. The lowest BCUT2D eigenvalue weighted by Crippen LogP contribution is -2.51. The van der Waals surface area contributed by atoms with E-state index in [1.165, 1.54) is 161 Å². The van der Waals surface area contributed by atoms with E-state index in [9.17, 15) is 4.79 Å². The van der Waals surface area contributed by atoms with E-state index in [1.54, 1.807) is 5.57 Å². The molecule has 2 heteroatoms. The first-order chi connectivity index (χ1) is 25.6. The van der Waals surface area contributed by atoms with Gasteiger partial charge in [0.15, 0.2) is 0 Å². The van der Waals surface area contributed by atoms with Crippen molar-refractivity contribution in [3.8, 4) is 0 Å². The summed E-state index contributed by atoms with van der Waals surface area (Å²) in [5, 5.41) is 0. The Kier molecular flexibility index (Phi) is 19.6. The van der Waals surface area contributed by atoms with Gasteiger partial charge in [-0.25, -0.2) is 0 Å². The monoisotopic (exact) mass is 735 g/mol. The minimum absolute atomic E-state index is 0.0621. The smallest absolute Gasteiger partial charge is 0.306 e. The molecule has 0 aromatic heterocycles. The van der Waals surface area contributed by atoms with Crippen molar-refractivity contribution in [1.29, 1.82) is 0 Å². The van der Waals surface area contributed by atoms with Crippen LogP contribution in [0.3, 0.4) is 0 Å². The molecule has 9 unspecified atom stereocenters. The van der Waals surface area contributed by atoms with Gasteiger partial charge in [0.1, 0.15) is 6.10 Å². The first-order valence-electron chi connectivity index (χ1n) is 24.2. The lowest BCUT2D eigenvalue weighted by molar-refractivity contribution is -0.151. The summed E-state index contributed by atoms with van der Waals surface area (Å²) in [5.74, 6) is 5.56. The second-order valence-corrected chi connectivity index (χ2v) is 20.0. The highest BCUT2D eigenvalue weighted by atomic mass is 16.5. The molecule has 4 rings (SSSR count). The molecule has 4 aliphatic rings. The molecule has 0 bridgehead atoms. The zero-order valence-electron chi connectivity index (χ0n) is 36.7. The van der Waals surface area contributed by atoms with Gasteiger partial charge in [-0.15, -0.1) is 0 Å². The van der Waals surface area contributed by atoms with Crippen LogP contribution in [0.1, 0.15) is 235 Å². The van der Waals surface area contributed by atoms with Crippen molar-refractivity contribution < 1.29 is 9.53 Å². The molecule has 0 radical (unpaired) electrons. The van der Waals surface area contributed by atoms with Crippen LogP contribution in [0.5, 0.6) is 0 Å². The lowest BCUT2D eigenvalue weighted by Gasteiger charge is -2.58. The molecule has 0 aromatic rings. The van der Waals surface area contributed by atoms with E-state index in [2.05, 4.69) is 66.7 Å². The van der Waals surface area contributed by atoms with Crippen LogP contribution in [0.2, 0.25) is 0 Å². The number of unbranched alkanes of at least 4 members (excludes halogenated alkanes) is 18. The summed E-state index contributed by atoms with van der Waals surface area (Å²) < 4.78 is 6.16. The first kappa shape index (κ1) is 44.7. The third-order valence-electron chi connectivity index (χ3n) is 16.0. The van der Waals surface area contributed by atoms with Gasteiger partial charge in [0.25, 0.3) is 0 Å². The van der Waals surface area contributed by atoms with Crippen LogP contribution in [-0.4, -0.2) is 12.1 Å². The average Bonchev–Trinajstić information content (AvgIpc) is 3.50. The summed E-state index contributed by atoms with van der Waals surface area (Å²) in [7, 11) is 0. The molecule has 306 valence electrons. The molecular formula is C51H90O2. The summed E-state index contributed by atoms with van der Waals surface area (Å²) in [6.07, 6.45) is 46.2. The van der Waals surface area contributed by atoms with Crippen LogP contribution in [0.15, 0.2) is 23.8 Å². The van der Waals surface area contributed by atoms with Gasteiger partial charge in [0, 0.05) is 12.8 Å². The van der Waals surface area contributed by atoms with Crippen LogP contribution in [0, 0.1) is 52.3 Å². The van der Waals surface area contributed by atoms with Crippen molar-refractivity contribution in [2.75, 3.05) is 0 Å². The molecule has 0 heterocycles. The molecule has 0 aliphatic heterocycles.